The molecule has 6 heteroatoms. The highest BCUT2D eigenvalue weighted by atomic mass is 32.2. The van der Waals surface area contributed by atoms with Crippen molar-refractivity contribution in [3.05, 3.63) is 28.0 Å². The summed E-state index contributed by atoms with van der Waals surface area (Å²) in [5, 5.41) is 14.0. The van der Waals surface area contributed by atoms with E-state index in [4.69, 9.17) is 5.11 Å². The molecule has 108 valence electrons. The molecule has 0 saturated heterocycles. The predicted octanol–water partition coefficient (Wildman–Crippen LogP) is 2.86. The average molecular weight is 311 g/mol. The van der Waals surface area contributed by atoms with Gasteiger partial charge in [0.25, 0.3) is 5.91 Å². The van der Waals surface area contributed by atoms with Crippen molar-refractivity contribution in [1.82, 2.24) is 5.32 Å². The SMILES string of the molecule is CSC1CCC(NC(=O)c2csc(/C=C/C(=O)O)c2)C1. The number of hydrogen-bond donors (Lipinski definition) is 2. The Hall–Kier alpha value is -1.27. The largest absolute Gasteiger partial charge is 0.478 e. The topological polar surface area (TPSA) is 66.4 Å². The minimum absolute atomic E-state index is 0.0667. The number of amides is 1. The molecular weight excluding hydrogens is 294 g/mol. The van der Waals surface area contributed by atoms with Crippen molar-refractivity contribution < 1.29 is 14.7 Å². The van der Waals surface area contributed by atoms with Crippen LogP contribution in [0.1, 0.15) is 34.5 Å². The van der Waals surface area contributed by atoms with Crippen LogP contribution in [0.15, 0.2) is 17.5 Å². The number of carbonyl (C=O) groups excluding carboxylic acids is 1. The van der Waals surface area contributed by atoms with E-state index in [1.807, 2.05) is 11.8 Å². The van der Waals surface area contributed by atoms with Gasteiger partial charge in [0.05, 0.1) is 5.56 Å². The first-order valence-electron chi connectivity index (χ1n) is 6.41. The summed E-state index contributed by atoms with van der Waals surface area (Å²) in [7, 11) is 0. The van der Waals surface area contributed by atoms with Crippen molar-refractivity contribution in [2.24, 2.45) is 0 Å². The lowest BCUT2D eigenvalue weighted by Crippen LogP contribution is -2.32. The number of thiophene rings is 1. The minimum Gasteiger partial charge on any atom is -0.478 e. The molecule has 0 bridgehead atoms. The third-order valence-corrected chi connectivity index (χ3v) is 5.32. The highest BCUT2D eigenvalue weighted by molar-refractivity contribution is 7.99. The van der Waals surface area contributed by atoms with Crippen LogP contribution in [0.3, 0.4) is 0 Å². The van der Waals surface area contributed by atoms with Gasteiger partial charge in [0.15, 0.2) is 0 Å². The lowest BCUT2D eigenvalue weighted by Gasteiger charge is -2.11. The first-order chi connectivity index (χ1) is 9.58. The molecule has 2 rings (SSSR count). The van der Waals surface area contributed by atoms with Crippen molar-refractivity contribution in [3.8, 4) is 0 Å². The van der Waals surface area contributed by atoms with Crippen LogP contribution in [0.2, 0.25) is 0 Å². The molecule has 20 heavy (non-hydrogen) atoms. The zero-order chi connectivity index (χ0) is 14.5. The second-order valence-corrected chi connectivity index (χ2v) is 6.83. The number of hydrogen-bond acceptors (Lipinski definition) is 4. The second kappa shape index (κ2) is 6.95. The molecule has 2 unspecified atom stereocenters. The van der Waals surface area contributed by atoms with Crippen LogP contribution in [0.25, 0.3) is 6.08 Å². The van der Waals surface area contributed by atoms with Gasteiger partial charge in [-0.3, -0.25) is 4.79 Å². The maximum absolute atomic E-state index is 12.1. The van der Waals surface area contributed by atoms with Crippen molar-refractivity contribution in [3.63, 3.8) is 0 Å². The van der Waals surface area contributed by atoms with Gasteiger partial charge in [0.1, 0.15) is 0 Å². The molecule has 1 amide bonds. The molecule has 1 aliphatic rings. The zero-order valence-corrected chi connectivity index (χ0v) is 12.8. The Morgan fingerprint density at radius 1 is 1.50 bits per heavy atom. The van der Waals surface area contributed by atoms with Crippen LogP contribution in [0, 0.1) is 0 Å². The highest BCUT2D eigenvalue weighted by Gasteiger charge is 2.25. The van der Waals surface area contributed by atoms with Gasteiger partial charge in [-0.25, -0.2) is 4.79 Å². The molecule has 1 heterocycles. The smallest absolute Gasteiger partial charge is 0.328 e. The van der Waals surface area contributed by atoms with Crippen LogP contribution in [-0.2, 0) is 4.79 Å². The quantitative estimate of drug-likeness (QED) is 0.821. The maximum atomic E-state index is 12.1. The molecular formula is C14H17NO3S2. The summed E-state index contributed by atoms with van der Waals surface area (Å²) >= 11 is 3.23. The molecule has 1 saturated carbocycles. The molecule has 1 fully saturated rings. The normalized spacial score (nSPS) is 22.2. The fourth-order valence-corrected chi connectivity index (χ4v) is 3.84. The highest BCUT2D eigenvalue weighted by Crippen LogP contribution is 2.28. The first kappa shape index (κ1) is 15.1. The first-order valence-corrected chi connectivity index (χ1v) is 8.58. The molecule has 2 N–H and O–H groups in total. The fourth-order valence-electron chi connectivity index (χ4n) is 2.27. The standard InChI is InChI=1S/C14H17NO3S2/c1-19-11-3-2-10(7-11)15-14(18)9-6-12(20-8-9)4-5-13(16)17/h4-6,8,10-11H,2-3,7H2,1H3,(H,15,18)(H,16,17)/b5-4+. The third kappa shape index (κ3) is 4.11. The number of carbonyl (C=O) groups is 2. The average Bonchev–Trinajstić information content (AvgIpc) is 3.04. The summed E-state index contributed by atoms with van der Waals surface area (Å²) in [5.74, 6) is -1.05. The van der Waals surface area contributed by atoms with Gasteiger partial charge in [0, 0.05) is 27.6 Å². The van der Waals surface area contributed by atoms with E-state index in [2.05, 4.69) is 11.6 Å². The van der Waals surface area contributed by atoms with Gasteiger partial charge >= 0.3 is 5.97 Å². The van der Waals surface area contributed by atoms with Gasteiger partial charge in [-0.2, -0.15) is 11.8 Å². The number of aliphatic carboxylic acids is 1. The molecule has 1 aromatic rings. The summed E-state index contributed by atoms with van der Waals surface area (Å²) < 4.78 is 0. The Morgan fingerprint density at radius 3 is 2.95 bits per heavy atom. The van der Waals surface area contributed by atoms with Crippen LogP contribution in [0.5, 0.6) is 0 Å². The summed E-state index contributed by atoms with van der Waals surface area (Å²) in [4.78, 5) is 23.3. The predicted molar refractivity (Wildman–Crippen MR) is 83.4 cm³/mol. The van der Waals surface area contributed by atoms with Gasteiger partial charge in [-0.05, 0) is 37.7 Å². The van der Waals surface area contributed by atoms with E-state index < -0.39 is 5.97 Å². The van der Waals surface area contributed by atoms with E-state index in [1.165, 1.54) is 17.4 Å². The third-order valence-electron chi connectivity index (χ3n) is 3.33. The van der Waals surface area contributed by atoms with E-state index in [1.54, 1.807) is 11.4 Å². The van der Waals surface area contributed by atoms with Gasteiger partial charge < -0.3 is 10.4 Å². The number of thioether (sulfide) groups is 1. The van der Waals surface area contributed by atoms with Crippen molar-refractivity contribution in [1.29, 1.82) is 0 Å². The number of carboxylic acid groups (broad SMARTS) is 1. The van der Waals surface area contributed by atoms with Gasteiger partial charge in [-0.1, -0.05) is 0 Å². The molecule has 4 nitrogen and oxygen atoms in total. The molecule has 0 spiro atoms. The molecule has 1 aliphatic carbocycles. The number of nitrogens with one attached hydrogen (secondary N) is 1. The lowest BCUT2D eigenvalue weighted by molar-refractivity contribution is -0.131. The second-order valence-electron chi connectivity index (χ2n) is 4.75. The van der Waals surface area contributed by atoms with Gasteiger partial charge in [0.2, 0.25) is 0 Å². The lowest BCUT2D eigenvalue weighted by atomic mass is 10.2. The van der Waals surface area contributed by atoms with Crippen LogP contribution < -0.4 is 5.32 Å². The monoisotopic (exact) mass is 311 g/mol. The molecule has 0 radical (unpaired) electrons. The summed E-state index contributed by atoms with van der Waals surface area (Å²) in [6.45, 7) is 0. The Labute approximate surface area is 126 Å². The zero-order valence-electron chi connectivity index (χ0n) is 11.2. The van der Waals surface area contributed by atoms with E-state index in [9.17, 15) is 9.59 Å². The minimum atomic E-state index is -0.988. The van der Waals surface area contributed by atoms with Crippen LogP contribution >= 0.6 is 23.1 Å². The molecule has 0 aromatic carbocycles. The summed E-state index contributed by atoms with van der Waals surface area (Å²) in [5.41, 5.74) is 0.604. The number of rotatable bonds is 5. The van der Waals surface area contributed by atoms with Crippen molar-refractivity contribution in [2.45, 2.75) is 30.6 Å². The van der Waals surface area contributed by atoms with E-state index in [0.717, 1.165) is 30.2 Å². The molecule has 1 aromatic heterocycles. The Balaban J connectivity index is 1.91. The Kier molecular flexibility index (Phi) is 5.25. The van der Waals surface area contributed by atoms with E-state index in [0.29, 0.717) is 10.8 Å². The fraction of sp³-hybridized carbons (Fsp3) is 0.429. The summed E-state index contributed by atoms with van der Waals surface area (Å²) in [6.07, 6.45) is 7.91. The van der Waals surface area contributed by atoms with Gasteiger partial charge in [-0.15, -0.1) is 11.3 Å². The summed E-state index contributed by atoms with van der Waals surface area (Å²) in [6, 6.07) is 1.98. The van der Waals surface area contributed by atoms with Crippen LogP contribution in [0.4, 0.5) is 0 Å². The Bertz CT molecular complexity index is 524. The number of carboxylic acids is 1. The maximum Gasteiger partial charge on any atom is 0.328 e. The molecule has 2 atom stereocenters. The van der Waals surface area contributed by atoms with Crippen molar-refractivity contribution >= 4 is 41.1 Å². The Morgan fingerprint density at radius 2 is 2.30 bits per heavy atom. The van der Waals surface area contributed by atoms with Crippen molar-refractivity contribution in [2.75, 3.05) is 6.26 Å². The van der Waals surface area contributed by atoms with E-state index >= 15 is 0 Å². The van der Waals surface area contributed by atoms with Crippen LogP contribution in [-0.4, -0.2) is 34.5 Å². The van der Waals surface area contributed by atoms with E-state index in [-0.39, 0.29) is 11.9 Å². The molecule has 0 aliphatic heterocycles.